The molecule has 1 spiro atoms. The molecule has 4 rings (SSSR count). The van der Waals surface area contributed by atoms with Crippen molar-refractivity contribution in [3.05, 3.63) is 47.0 Å². The van der Waals surface area contributed by atoms with Gasteiger partial charge < -0.3 is 5.11 Å². The SMILES string of the molecule is O=C(O)C1C(C(=O)Cc2ccc(Cl)cc2)C2C=CC1C21CC1. The highest BCUT2D eigenvalue weighted by molar-refractivity contribution is 6.30. The lowest BCUT2D eigenvalue weighted by molar-refractivity contribution is -0.147. The molecule has 2 bridgehead atoms. The fourth-order valence-electron chi connectivity index (χ4n) is 4.69. The molecule has 22 heavy (non-hydrogen) atoms. The minimum atomic E-state index is -0.822. The topological polar surface area (TPSA) is 54.4 Å². The minimum absolute atomic E-state index is 0.0502. The maximum Gasteiger partial charge on any atom is 0.307 e. The van der Waals surface area contributed by atoms with E-state index in [-0.39, 0.29) is 29.0 Å². The number of carbonyl (C=O) groups excluding carboxylic acids is 1. The minimum Gasteiger partial charge on any atom is -0.481 e. The highest BCUT2D eigenvalue weighted by Crippen LogP contribution is 2.72. The predicted molar refractivity (Wildman–Crippen MR) is 82.6 cm³/mol. The van der Waals surface area contributed by atoms with E-state index in [4.69, 9.17) is 11.6 Å². The van der Waals surface area contributed by atoms with Crippen LogP contribution in [-0.2, 0) is 16.0 Å². The van der Waals surface area contributed by atoms with Crippen LogP contribution in [0.2, 0.25) is 5.02 Å². The van der Waals surface area contributed by atoms with Gasteiger partial charge >= 0.3 is 5.97 Å². The first-order valence-corrected chi connectivity index (χ1v) is 8.09. The molecule has 0 radical (unpaired) electrons. The summed E-state index contributed by atoms with van der Waals surface area (Å²) in [7, 11) is 0. The Labute approximate surface area is 134 Å². The molecule has 0 heterocycles. The van der Waals surface area contributed by atoms with Crippen LogP contribution < -0.4 is 0 Å². The molecule has 3 aliphatic carbocycles. The molecule has 1 N–H and O–H groups in total. The van der Waals surface area contributed by atoms with Crippen LogP contribution in [0.3, 0.4) is 0 Å². The molecule has 2 fully saturated rings. The standard InChI is InChI=1S/C18H17ClO3/c19-11-3-1-10(2-4-11)9-14(20)15-12-5-6-13(16(15)17(21)22)18(12)7-8-18/h1-6,12-13,15-16H,7-9H2,(H,21,22). The molecule has 4 heteroatoms. The zero-order valence-electron chi connectivity index (χ0n) is 12.0. The summed E-state index contributed by atoms with van der Waals surface area (Å²) in [6.45, 7) is 0. The monoisotopic (exact) mass is 316 g/mol. The van der Waals surface area contributed by atoms with Gasteiger partial charge in [-0.3, -0.25) is 9.59 Å². The second kappa shape index (κ2) is 4.69. The Morgan fingerprint density at radius 2 is 1.68 bits per heavy atom. The molecule has 4 unspecified atom stereocenters. The number of halogens is 1. The molecule has 4 atom stereocenters. The third-order valence-corrected chi connectivity index (χ3v) is 6.04. The number of rotatable bonds is 4. The Morgan fingerprint density at radius 1 is 1.09 bits per heavy atom. The van der Waals surface area contributed by atoms with Crippen LogP contribution >= 0.6 is 11.6 Å². The first-order valence-electron chi connectivity index (χ1n) is 7.71. The summed E-state index contributed by atoms with van der Waals surface area (Å²) in [4.78, 5) is 24.5. The van der Waals surface area contributed by atoms with Gasteiger partial charge in [-0.05, 0) is 47.8 Å². The van der Waals surface area contributed by atoms with E-state index in [2.05, 4.69) is 6.08 Å². The molecule has 0 amide bonds. The second-order valence-corrected chi connectivity index (χ2v) is 7.27. The first kappa shape index (κ1) is 14.0. The lowest BCUT2D eigenvalue weighted by Crippen LogP contribution is -2.33. The number of carbonyl (C=O) groups is 2. The molecule has 1 aromatic carbocycles. The van der Waals surface area contributed by atoms with Gasteiger partial charge in [0.15, 0.2) is 0 Å². The molecule has 3 nitrogen and oxygen atoms in total. The van der Waals surface area contributed by atoms with E-state index in [1.54, 1.807) is 12.1 Å². The lowest BCUT2D eigenvalue weighted by Gasteiger charge is -2.23. The van der Waals surface area contributed by atoms with Crippen molar-refractivity contribution in [1.82, 2.24) is 0 Å². The van der Waals surface area contributed by atoms with Gasteiger partial charge in [0, 0.05) is 17.4 Å². The van der Waals surface area contributed by atoms with Gasteiger partial charge in [0.25, 0.3) is 0 Å². The summed E-state index contributed by atoms with van der Waals surface area (Å²) in [6.07, 6.45) is 6.55. The van der Waals surface area contributed by atoms with Gasteiger partial charge in [-0.15, -0.1) is 0 Å². The number of Topliss-reactive ketones (excluding diaryl/α,β-unsaturated/α-hetero) is 1. The van der Waals surface area contributed by atoms with E-state index in [1.165, 1.54) is 0 Å². The third-order valence-electron chi connectivity index (χ3n) is 5.79. The van der Waals surface area contributed by atoms with Gasteiger partial charge in [0.1, 0.15) is 5.78 Å². The summed E-state index contributed by atoms with van der Waals surface area (Å²) in [5.74, 6) is -1.51. The first-order chi connectivity index (χ1) is 10.5. The smallest absolute Gasteiger partial charge is 0.307 e. The number of carboxylic acid groups (broad SMARTS) is 1. The molecule has 3 aliphatic rings. The average molecular weight is 317 g/mol. The summed E-state index contributed by atoms with van der Waals surface area (Å²) in [6, 6.07) is 7.21. The van der Waals surface area contributed by atoms with Crippen molar-refractivity contribution in [2.45, 2.75) is 19.3 Å². The van der Waals surface area contributed by atoms with E-state index in [0.717, 1.165) is 18.4 Å². The van der Waals surface area contributed by atoms with E-state index >= 15 is 0 Å². The number of ketones is 1. The zero-order valence-corrected chi connectivity index (χ0v) is 12.8. The zero-order chi connectivity index (χ0) is 15.5. The number of carboxylic acids is 1. The van der Waals surface area contributed by atoms with Gasteiger partial charge in [-0.2, -0.15) is 0 Å². The number of benzene rings is 1. The van der Waals surface area contributed by atoms with Crippen molar-refractivity contribution in [2.24, 2.45) is 29.1 Å². The third kappa shape index (κ3) is 1.88. The van der Waals surface area contributed by atoms with Crippen LogP contribution in [0.25, 0.3) is 0 Å². The number of hydrogen-bond acceptors (Lipinski definition) is 2. The van der Waals surface area contributed by atoms with Crippen LogP contribution in [0.4, 0.5) is 0 Å². The van der Waals surface area contributed by atoms with Crippen molar-refractivity contribution in [3.63, 3.8) is 0 Å². The normalized spacial score (nSPS) is 33.3. The number of hydrogen-bond donors (Lipinski definition) is 1. The van der Waals surface area contributed by atoms with Crippen LogP contribution in [0.15, 0.2) is 36.4 Å². The van der Waals surface area contributed by atoms with Crippen molar-refractivity contribution in [3.8, 4) is 0 Å². The van der Waals surface area contributed by atoms with Crippen LogP contribution in [-0.4, -0.2) is 16.9 Å². The molecule has 0 aromatic heterocycles. The Hall–Kier alpha value is -1.61. The van der Waals surface area contributed by atoms with E-state index < -0.39 is 11.9 Å². The molecular formula is C18H17ClO3. The van der Waals surface area contributed by atoms with Gasteiger partial charge in [0.2, 0.25) is 0 Å². The van der Waals surface area contributed by atoms with Gasteiger partial charge in [0.05, 0.1) is 5.92 Å². The Bertz CT molecular complexity index is 672. The van der Waals surface area contributed by atoms with Crippen LogP contribution in [0.5, 0.6) is 0 Å². The predicted octanol–water partition coefficient (Wildman–Crippen LogP) is 3.36. The fourth-order valence-corrected chi connectivity index (χ4v) is 4.81. The maximum absolute atomic E-state index is 12.8. The highest BCUT2D eigenvalue weighted by Gasteiger charge is 2.69. The summed E-state index contributed by atoms with van der Waals surface area (Å²) >= 11 is 5.87. The average Bonchev–Trinajstić information content (AvgIpc) is 3.15. The molecule has 2 saturated carbocycles. The molecule has 1 aromatic rings. The molecule has 114 valence electrons. The quantitative estimate of drug-likeness (QED) is 0.867. The summed E-state index contributed by atoms with van der Waals surface area (Å²) < 4.78 is 0. The van der Waals surface area contributed by atoms with Crippen molar-refractivity contribution >= 4 is 23.4 Å². The molecule has 0 saturated heterocycles. The van der Waals surface area contributed by atoms with Crippen LogP contribution in [0.1, 0.15) is 18.4 Å². The van der Waals surface area contributed by atoms with Crippen molar-refractivity contribution < 1.29 is 14.7 Å². The van der Waals surface area contributed by atoms with Crippen molar-refractivity contribution in [2.75, 3.05) is 0 Å². The second-order valence-electron chi connectivity index (χ2n) is 6.83. The van der Waals surface area contributed by atoms with Gasteiger partial charge in [-0.25, -0.2) is 0 Å². The highest BCUT2D eigenvalue weighted by atomic mass is 35.5. The van der Waals surface area contributed by atoms with E-state index in [1.807, 2.05) is 18.2 Å². The molecular weight excluding hydrogens is 300 g/mol. The summed E-state index contributed by atoms with van der Waals surface area (Å²) in [5, 5.41) is 10.3. The van der Waals surface area contributed by atoms with Gasteiger partial charge in [-0.1, -0.05) is 35.9 Å². The van der Waals surface area contributed by atoms with Crippen molar-refractivity contribution in [1.29, 1.82) is 0 Å². The number of allylic oxidation sites excluding steroid dienone is 2. The van der Waals surface area contributed by atoms with E-state index in [9.17, 15) is 14.7 Å². The maximum atomic E-state index is 12.8. The Morgan fingerprint density at radius 3 is 2.23 bits per heavy atom. The van der Waals surface area contributed by atoms with Crippen LogP contribution in [0, 0.1) is 29.1 Å². The van der Waals surface area contributed by atoms with E-state index in [0.29, 0.717) is 11.4 Å². The lowest BCUT2D eigenvalue weighted by atomic mass is 9.79. The fraction of sp³-hybridized carbons (Fsp3) is 0.444. The Balaban J connectivity index is 1.60. The number of aliphatic carboxylic acids is 1. The summed E-state index contributed by atoms with van der Waals surface area (Å²) in [5.41, 5.74) is 0.985. The largest absolute Gasteiger partial charge is 0.481 e. The molecule has 0 aliphatic heterocycles. The Kier molecular flexibility index (Phi) is 2.99.